The highest BCUT2D eigenvalue weighted by molar-refractivity contribution is 6.33. The van der Waals surface area contributed by atoms with Crippen LogP contribution in [-0.2, 0) is 4.79 Å². The topological polar surface area (TPSA) is 43.4 Å². The smallest absolute Gasteiger partial charge is 0.329 e. The number of hydrogen-bond acceptors (Lipinski definition) is 3. The predicted molar refractivity (Wildman–Crippen MR) is 67.0 cm³/mol. The van der Waals surface area contributed by atoms with Crippen molar-refractivity contribution >= 4 is 35.0 Å². The number of ketones is 1. The molecule has 0 amide bonds. The van der Waals surface area contributed by atoms with Gasteiger partial charge in [-0.05, 0) is 38.1 Å². The summed E-state index contributed by atoms with van der Waals surface area (Å²) in [7, 11) is 0. The van der Waals surface area contributed by atoms with Crippen molar-refractivity contribution in [1.82, 2.24) is 0 Å². The maximum atomic E-state index is 11.5. The Morgan fingerprint density at radius 2 is 1.59 bits per heavy atom. The number of alkyl halides is 2. The molecule has 0 saturated carbocycles. The minimum atomic E-state index is -0.709. The maximum absolute atomic E-state index is 11.5. The minimum absolute atomic E-state index is 0.171. The van der Waals surface area contributed by atoms with Crippen molar-refractivity contribution < 1.29 is 14.3 Å². The summed E-state index contributed by atoms with van der Waals surface area (Å²) in [5, 5.41) is -1.29. The largest absolute Gasteiger partial charge is 0.425 e. The minimum Gasteiger partial charge on any atom is -0.425 e. The number of carbonyl (C=O) groups is 2. The molecule has 0 fully saturated rings. The van der Waals surface area contributed by atoms with Crippen LogP contribution in [0.4, 0.5) is 0 Å². The van der Waals surface area contributed by atoms with Crippen LogP contribution < -0.4 is 4.74 Å². The Morgan fingerprint density at radius 1 is 1.06 bits per heavy atom. The Kier molecular flexibility index (Phi) is 4.97. The van der Waals surface area contributed by atoms with Crippen molar-refractivity contribution in [3.63, 3.8) is 0 Å². The Morgan fingerprint density at radius 3 is 2.00 bits per heavy atom. The van der Waals surface area contributed by atoms with E-state index in [1.807, 2.05) is 0 Å². The molecule has 1 rings (SSSR count). The fourth-order valence-corrected chi connectivity index (χ4v) is 1.28. The summed E-state index contributed by atoms with van der Waals surface area (Å²) in [5.74, 6) is -0.354. The van der Waals surface area contributed by atoms with Crippen LogP contribution in [0.25, 0.3) is 0 Å². The fraction of sp³-hybridized carbons (Fsp3) is 0.333. The third kappa shape index (κ3) is 4.02. The van der Waals surface area contributed by atoms with Crippen molar-refractivity contribution in [1.29, 1.82) is 0 Å². The Labute approximate surface area is 110 Å². The predicted octanol–water partition coefficient (Wildman–Crippen LogP) is 3.03. The normalized spacial score (nSPS) is 13.9. The number of hydrogen-bond donors (Lipinski definition) is 0. The number of rotatable bonds is 4. The third-order valence-corrected chi connectivity index (χ3v) is 2.42. The van der Waals surface area contributed by atoms with E-state index in [4.69, 9.17) is 27.9 Å². The van der Waals surface area contributed by atoms with Crippen LogP contribution in [0.3, 0.4) is 0 Å². The van der Waals surface area contributed by atoms with Gasteiger partial charge in [-0.1, -0.05) is 0 Å². The van der Waals surface area contributed by atoms with Gasteiger partial charge in [-0.25, -0.2) is 0 Å². The van der Waals surface area contributed by atoms with Gasteiger partial charge in [0.15, 0.2) is 5.78 Å². The van der Waals surface area contributed by atoms with Crippen LogP contribution in [0, 0.1) is 0 Å². The average Bonchev–Trinajstić information content (AvgIpc) is 2.28. The second kappa shape index (κ2) is 6.03. The first-order valence-corrected chi connectivity index (χ1v) is 5.93. The highest BCUT2D eigenvalue weighted by Crippen LogP contribution is 2.16. The number of Topliss-reactive ketones (excluding diaryl/α,β-unsaturated/α-hetero) is 1. The third-order valence-electron chi connectivity index (χ3n) is 2.04. The second-order valence-electron chi connectivity index (χ2n) is 3.54. The molecular weight excluding hydrogens is 263 g/mol. The second-order valence-corrected chi connectivity index (χ2v) is 4.85. The summed E-state index contributed by atoms with van der Waals surface area (Å²) in [6.45, 7) is 3.13. The van der Waals surface area contributed by atoms with Crippen molar-refractivity contribution in [2.24, 2.45) is 0 Å². The number of carbonyl (C=O) groups excluding carboxylic acids is 2. The lowest BCUT2D eigenvalue weighted by atomic mass is 10.1. The number of halogens is 2. The Bertz CT molecular complexity index is 410. The lowest BCUT2D eigenvalue weighted by Gasteiger charge is -2.06. The van der Waals surface area contributed by atoms with Gasteiger partial charge in [0.05, 0.1) is 5.38 Å². The Balaban J connectivity index is 2.75. The zero-order chi connectivity index (χ0) is 13.0. The first kappa shape index (κ1) is 14.0. The molecule has 2 atom stereocenters. The molecule has 1 aromatic rings. The van der Waals surface area contributed by atoms with E-state index in [2.05, 4.69) is 0 Å². The van der Waals surface area contributed by atoms with Gasteiger partial charge < -0.3 is 4.74 Å². The molecule has 92 valence electrons. The highest BCUT2D eigenvalue weighted by atomic mass is 35.5. The van der Waals surface area contributed by atoms with E-state index in [1.54, 1.807) is 19.1 Å². The molecule has 0 N–H and O–H groups in total. The molecule has 17 heavy (non-hydrogen) atoms. The molecule has 0 radical (unpaired) electrons. The van der Waals surface area contributed by atoms with Crippen molar-refractivity contribution in [2.75, 3.05) is 0 Å². The molecule has 0 spiro atoms. The molecule has 0 aliphatic rings. The lowest BCUT2D eigenvalue weighted by Crippen LogP contribution is -2.17. The quantitative estimate of drug-likeness (QED) is 0.367. The van der Waals surface area contributed by atoms with Gasteiger partial charge in [0.25, 0.3) is 0 Å². The van der Waals surface area contributed by atoms with Crippen molar-refractivity contribution in [3.8, 4) is 5.75 Å². The van der Waals surface area contributed by atoms with Crippen LogP contribution in [0.1, 0.15) is 24.2 Å². The average molecular weight is 275 g/mol. The summed E-state index contributed by atoms with van der Waals surface area (Å²) in [5.41, 5.74) is 0.478. The molecule has 0 heterocycles. The number of esters is 1. The van der Waals surface area contributed by atoms with Crippen LogP contribution in [0.15, 0.2) is 24.3 Å². The SMILES string of the molecule is C[C@H](Cl)C(=O)Oc1ccc(C(=O)[C@H](C)Cl)cc1. The monoisotopic (exact) mass is 274 g/mol. The molecule has 0 aromatic heterocycles. The van der Waals surface area contributed by atoms with Crippen molar-refractivity contribution in [3.05, 3.63) is 29.8 Å². The highest BCUT2D eigenvalue weighted by Gasteiger charge is 2.14. The molecule has 0 bridgehead atoms. The van der Waals surface area contributed by atoms with Crippen molar-refractivity contribution in [2.45, 2.75) is 24.6 Å². The first-order valence-electron chi connectivity index (χ1n) is 5.06. The first-order chi connectivity index (χ1) is 7.91. The summed E-state index contributed by atoms with van der Waals surface area (Å²) < 4.78 is 4.96. The van der Waals surface area contributed by atoms with Gasteiger partial charge in [-0.15, -0.1) is 23.2 Å². The molecule has 5 heteroatoms. The number of benzene rings is 1. The van der Waals surface area contributed by atoms with E-state index in [9.17, 15) is 9.59 Å². The summed E-state index contributed by atoms with van der Waals surface area (Å²) in [6.07, 6.45) is 0. The maximum Gasteiger partial charge on any atom is 0.329 e. The van der Waals surface area contributed by atoms with E-state index >= 15 is 0 Å². The van der Waals surface area contributed by atoms with Gasteiger partial charge in [-0.3, -0.25) is 9.59 Å². The molecule has 1 aromatic carbocycles. The zero-order valence-electron chi connectivity index (χ0n) is 9.44. The summed E-state index contributed by atoms with van der Waals surface area (Å²) in [4.78, 5) is 22.7. The van der Waals surface area contributed by atoms with Crippen LogP contribution in [0.5, 0.6) is 5.75 Å². The molecule has 0 unspecified atom stereocenters. The van der Waals surface area contributed by atoms with Gasteiger partial charge in [-0.2, -0.15) is 0 Å². The van der Waals surface area contributed by atoms with E-state index in [0.29, 0.717) is 11.3 Å². The lowest BCUT2D eigenvalue weighted by molar-refractivity contribution is -0.133. The Hall–Kier alpha value is -1.06. The molecule has 0 saturated heterocycles. The van der Waals surface area contributed by atoms with E-state index in [0.717, 1.165) is 0 Å². The van der Waals surface area contributed by atoms with Gasteiger partial charge >= 0.3 is 5.97 Å². The molecule has 0 aliphatic carbocycles. The summed E-state index contributed by atoms with van der Waals surface area (Å²) >= 11 is 11.2. The van der Waals surface area contributed by atoms with Gasteiger partial charge in [0, 0.05) is 5.56 Å². The van der Waals surface area contributed by atoms with E-state index < -0.39 is 16.7 Å². The van der Waals surface area contributed by atoms with Crippen LogP contribution in [-0.4, -0.2) is 22.5 Å². The van der Waals surface area contributed by atoms with E-state index in [1.165, 1.54) is 19.1 Å². The van der Waals surface area contributed by atoms with E-state index in [-0.39, 0.29) is 5.78 Å². The molecule has 0 aliphatic heterocycles. The molecular formula is C12H12Cl2O3. The van der Waals surface area contributed by atoms with Gasteiger partial charge in [0.2, 0.25) is 0 Å². The zero-order valence-corrected chi connectivity index (χ0v) is 11.0. The van der Waals surface area contributed by atoms with Crippen LogP contribution in [0.2, 0.25) is 0 Å². The summed E-state index contributed by atoms with van der Waals surface area (Å²) in [6, 6.07) is 6.18. The van der Waals surface area contributed by atoms with Crippen LogP contribution >= 0.6 is 23.2 Å². The fourth-order valence-electron chi connectivity index (χ4n) is 1.11. The van der Waals surface area contributed by atoms with Gasteiger partial charge in [0.1, 0.15) is 11.1 Å². The standard InChI is InChI=1S/C12H12Cl2O3/c1-7(13)11(15)9-3-5-10(6-4-9)17-12(16)8(2)14/h3-8H,1-2H3/t7-,8-/m0/s1. The molecule has 3 nitrogen and oxygen atoms in total. The number of ether oxygens (including phenoxy) is 1.